The van der Waals surface area contributed by atoms with Crippen molar-refractivity contribution in [1.29, 1.82) is 0 Å². The molecule has 23 heavy (non-hydrogen) atoms. The van der Waals surface area contributed by atoms with E-state index in [4.69, 9.17) is 4.98 Å². The fourth-order valence-electron chi connectivity index (χ4n) is 3.73. The van der Waals surface area contributed by atoms with Crippen molar-refractivity contribution in [1.82, 2.24) is 14.5 Å². The Morgan fingerprint density at radius 3 is 2.78 bits per heavy atom. The number of likely N-dealkylation sites (tertiary alicyclic amines) is 1. The highest BCUT2D eigenvalue weighted by molar-refractivity contribution is 5.80. The number of pyridine rings is 1. The summed E-state index contributed by atoms with van der Waals surface area (Å²) in [5.41, 5.74) is 4.67. The molecule has 1 saturated heterocycles. The van der Waals surface area contributed by atoms with Crippen molar-refractivity contribution in [3.8, 4) is 0 Å². The summed E-state index contributed by atoms with van der Waals surface area (Å²) >= 11 is 0. The third-order valence-corrected chi connectivity index (χ3v) is 5.26. The first-order chi connectivity index (χ1) is 10.9. The van der Waals surface area contributed by atoms with Crippen LogP contribution >= 0.6 is 0 Å². The van der Waals surface area contributed by atoms with E-state index in [2.05, 4.69) is 67.4 Å². The zero-order valence-corrected chi connectivity index (χ0v) is 14.7. The number of fused-ring (bicyclic) bond motifs is 1. The molecular weight excluding hydrogens is 282 g/mol. The Hall–Kier alpha value is -1.87. The molecule has 0 N–H and O–H groups in total. The summed E-state index contributed by atoms with van der Waals surface area (Å²) < 4.78 is 2.36. The van der Waals surface area contributed by atoms with Crippen LogP contribution in [0.15, 0.2) is 43.1 Å². The monoisotopic (exact) mass is 309 g/mol. The van der Waals surface area contributed by atoms with E-state index in [0.29, 0.717) is 11.5 Å². The summed E-state index contributed by atoms with van der Waals surface area (Å²) in [6.45, 7) is 12.8. The Balaban J connectivity index is 1.85. The first-order valence-electron chi connectivity index (χ1n) is 8.41. The Morgan fingerprint density at radius 1 is 1.39 bits per heavy atom. The number of allylic oxidation sites excluding steroid dienone is 3. The Bertz CT molecular complexity index is 751. The summed E-state index contributed by atoms with van der Waals surface area (Å²) in [6.07, 6.45) is 7.33. The second-order valence-corrected chi connectivity index (χ2v) is 7.28. The van der Waals surface area contributed by atoms with Gasteiger partial charge in [0.15, 0.2) is 0 Å². The van der Waals surface area contributed by atoms with Gasteiger partial charge in [-0.05, 0) is 63.9 Å². The smallest absolute Gasteiger partial charge is 0.0888 e. The van der Waals surface area contributed by atoms with Gasteiger partial charge in [0.05, 0.1) is 16.7 Å². The van der Waals surface area contributed by atoms with Crippen LogP contribution in [0.2, 0.25) is 0 Å². The fourth-order valence-corrected chi connectivity index (χ4v) is 3.73. The molecule has 0 aliphatic carbocycles. The molecule has 1 aliphatic heterocycles. The molecule has 0 amide bonds. The van der Waals surface area contributed by atoms with E-state index in [1.54, 1.807) is 0 Å². The molecule has 122 valence electrons. The standard InChI is InChI=1S/C20H27N3/c1-6-16(7-2)17-8-9-19-18(21-17)10-11-23(19)14-15-12-20(3,4)22(5)13-15/h6-11,15H,1,12-14H2,2-5H3/b16-7+. The van der Waals surface area contributed by atoms with E-state index in [1.807, 2.05) is 13.0 Å². The van der Waals surface area contributed by atoms with Gasteiger partial charge in [0.1, 0.15) is 0 Å². The van der Waals surface area contributed by atoms with Gasteiger partial charge in [-0.1, -0.05) is 18.7 Å². The van der Waals surface area contributed by atoms with Crippen molar-refractivity contribution in [3.05, 3.63) is 48.8 Å². The van der Waals surface area contributed by atoms with Gasteiger partial charge in [-0.25, -0.2) is 4.98 Å². The van der Waals surface area contributed by atoms with E-state index < -0.39 is 0 Å². The van der Waals surface area contributed by atoms with Crippen molar-refractivity contribution in [2.24, 2.45) is 5.92 Å². The first-order valence-corrected chi connectivity index (χ1v) is 8.41. The van der Waals surface area contributed by atoms with Crippen molar-refractivity contribution >= 4 is 16.6 Å². The van der Waals surface area contributed by atoms with Crippen molar-refractivity contribution in [2.75, 3.05) is 13.6 Å². The predicted molar refractivity (Wildman–Crippen MR) is 98.4 cm³/mol. The topological polar surface area (TPSA) is 21.1 Å². The zero-order chi connectivity index (χ0) is 16.6. The summed E-state index contributed by atoms with van der Waals surface area (Å²) in [4.78, 5) is 7.26. The van der Waals surface area contributed by atoms with Crippen LogP contribution in [0.1, 0.15) is 32.9 Å². The second-order valence-electron chi connectivity index (χ2n) is 7.28. The Morgan fingerprint density at radius 2 is 2.17 bits per heavy atom. The molecule has 1 atom stereocenters. The fraction of sp³-hybridized carbons (Fsp3) is 0.450. The maximum absolute atomic E-state index is 4.79. The SMILES string of the molecule is C=C/C(=C\C)c1ccc2c(ccn2CC2CN(C)C(C)(C)C2)n1. The van der Waals surface area contributed by atoms with Crippen LogP contribution in [-0.2, 0) is 6.54 Å². The maximum atomic E-state index is 4.79. The van der Waals surface area contributed by atoms with Gasteiger partial charge in [0.2, 0.25) is 0 Å². The van der Waals surface area contributed by atoms with E-state index in [1.165, 1.54) is 11.9 Å². The van der Waals surface area contributed by atoms with Gasteiger partial charge in [-0.3, -0.25) is 0 Å². The quantitative estimate of drug-likeness (QED) is 0.783. The highest BCUT2D eigenvalue weighted by Gasteiger charge is 2.35. The lowest BCUT2D eigenvalue weighted by molar-refractivity contribution is 0.218. The summed E-state index contributed by atoms with van der Waals surface area (Å²) in [5, 5.41) is 0. The van der Waals surface area contributed by atoms with Crippen molar-refractivity contribution < 1.29 is 0 Å². The molecule has 3 heterocycles. The average Bonchev–Trinajstić information content (AvgIpc) is 3.01. The van der Waals surface area contributed by atoms with Crippen LogP contribution in [0.4, 0.5) is 0 Å². The minimum absolute atomic E-state index is 0.309. The molecule has 0 radical (unpaired) electrons. The third kappa shape index (κ3) is 2.98. The van der Waals surface area contributed by atoms with Gasteiger partial charge in [0.25, 0.3) is 0 Å². The van der Waals surface area contributed by atoms with Crippen molar-refractivity contribution in [2.45, 2.75) is 39.3 Å². The van der Waals surface area contributed by atoms with Gasteiger partial charge >= 0.3 is 0 Å². The van der Waals surface area contributed by atoms with Crippen LogP contribution in [-0.4, -0.2) is 33.6 Å². The molecule has 0 spiro atoms. The zero-order valence-electron chi connectivity index (χ0n) is 14.7. The van der Waals surface area contributed by atoms with E-state index in [-0.39, 0.29) is 0 Å². The highest BCUT2D eigenvalue weighted by atomic mass is 15.2. The summed E-state index contributed by atoms with van der Waals surface area (Å²) in [6, 6.07) is 6.41. The van der Waals surface area contributed by atoms with Crippen LogP contribution < -0.4 is 0 Å². The lowest BCUT2D eigenvalue weighted by Crippen LogP contribution is -2.34. The van der Waals surface area contributed by atoms with Crippen LogP contribution in [0.25, 0.3) is 16.6 Å². The van der Waals surface area contributed by atoms with Gasteiger partial charge in [0, 0.05) is 24.8 Å². The molecule has 2 aromatic heterocycles. The molecule has 1 aliphatic rings. The molecule has 0 bridgehead atoms. The number of hydrogen-bond donors (Lipinski definition) is 0. The predicted octanol–water partition coefficient (Wildman–Crippen LogP) is 4.36. The molecule has 0 aromatic carbocycles. The first kappa shape index (κ1) is 16.0. The minimum Gasteiger partial charge on any atom is -0.346 e. The van der Waals surface area contributed by atoms with E-state index in [0.717, 1.165) is 29.9 Å². The minimum atomic E-state index is 0.309. The number of aromatic nitrogens is 2. The maximum Gasteiger partial charge on any atom is 0.0888 e. The van der Waals surface area contributed by atoms with Crippen LogP contribution in [0, 0.1) is 5.92 Å². The normalized spacial score (nSPS) is 21.9. The lowest BCUT2D eigenvalue weighted by atomic mass is 9.96. The summed E-state index contributed by atoms with van der Waals surface area (Å²) in [7, 11) is 2.23. The molecule has 0 saturated carbocycles. The molecule has 3 rings (SSSR count). The highest BCUT2D eigenvalue weighted by Crippen LogP contribution is 2.32. The molecular formula is C20H27N3. The molecule has 1 unspecified atom stereocenters. The van der Waals surface area contributed by atoms with Crippen LogP contribution in [0.3, 0.4) is 0 Å². The van der Waals surface area contributed by atoms with Gasteiger partial charge in [-0.2, -0.15) is 0 Å². The van der Waals surface area contributed by atoms with Crippen molar-refractivity contribution in [3.63, 3.8) is 0 Å². The molecule has 3 heteroatoms. The third-order valence-electron chi connectivity index (χ3n) is 5.26. The Kier molecular flexibility index (Phi) is 4.15. The number of rotatable bonds is 4. The summed E-state index contributed by atoms with van der Waals surface area (Å²) in [5.74, 6) is 0.699. The Labute approximate surface area is 139 Å². The molecule has 3 nitrogen and oxygen atoms in total. The van der Waals surface area contributed by atoms with Gasteiger partial charge < -0.3 is 9.47 Å². The number of hydrogen-bond acceptors (Lipinski definition) is 2. The van der Waals surface area contributed by atoms with Crippen LogP contribution in [0.5, 0.6) is 0 Å². The largest absolute Gasteiger partial charge is 0.346 e. The average molecular weight is 309 g/mol. The second kappa shape index (κ2) is 5.97. The van der Waals surface area contributed by atoms with E-state index in [9.17, 15) is 0 Å². The van der Waals surface area contributed by atoms with E-state index >= 15 is 0 Å². The number of nitrogens with zero attached hydrogens (tertiary/aromatic N) is 3. The van der Waals surface area contributed by atoms with Gasteiger partial charge in [-0.15, -0.1) is 0 Å². The molecule has 1 fully saturated rings. The molecule has 2 aromatic rings. The lowest BCUT2D eigenvalue weighted by Gasteiger charge is -2.26.